The van der Waals surface area contributed by atoms with Crippen molar-refractivity contribution >= 4 is 38.9 Å². The average Bonchev–Trinajstić information content (AvgIpc) is 3.56. The van der Waals surface area contributed by atoms with Crippen LogP contribution in [0.4, 0.5) is 0 Å². The fourth-order valence-corrected chi connectivity index (χ4v) is 6.24. The zero-order valence-electron chi connectivity index (χ0n) is 17.1. The Morgan fingerprint density at radius 2 is 1.81 bits per heavy atom. The number of carbonyl (C=O) groups is 1. The van der Waals surface area contributed by atoms with Crippen LogP contribution < -0.4 is 10.6 Å². The number of benzene rings is 2. The van der Waals surface area contributed by atoms with Crippen LogP contribution in [-0.4, -0.2) is 32.7 Å². The van der Waals surface area contributed by atoms with Crippen molar-refractivity contribution in [3.05, 3.63) is 63.6 Å². The number of nitrogens with one attached hydrogen (secondary N) is 2. The first kappa shape index (κ1) is 22.6. The first-order valence-corrected chi connectivity index (χ1v) is 13.1. The van der Waals surface area contributed by atoms with E-state index in [0.29, 0.717) is 26.4 Å². The Balaban J connectivity index is 1.58. The predicted molar refractivity (Wildman–Crippen MR) is 124 cm³/mol. The predicted octanol–water partition coefficient (Wildman–Crippen LogP) is 4.79. The Kier molecular flexibility index (Phi) is 6.92. The molecule has 2 atom stereocenters. The summed E-state index contributed by atoms with van der Waals surface area (Å²) in [4.78, 5) is 13.3. The number of hydrogen-bond acceptors (Lipinski definition) is 4. The second-order valence-electron chi connectivity index (χ2n) is 8.43. The molecule has 31 heavy (non-hydrogen) atoms. The lowest BCUT2D eigenvalue weighted by molar-refractivity contribution is 0.0923. The second-order valence-corrected chi connectivity index (χ2v) is 11.3. The van der Waals surface area contributed by atoms with Crippen molar-refractivity contribution in [3.8, 4) is 0 Å². The van der Waals surface area contributed by atoms with Gasteiger partial charge in [0.05, 0.1) is 27.3 Å². The van der Waals surface area contributed by atoms with Crippen molar-refractivity contribution in [2.75, 3.05) is 12.3 Å². The normalized spacial score (nSPS) is 20.3. The van der Waals surface area contributed by atoms with E-state index < -0.39 is 9.84 Å². The molecule has 1 amide bonds. The molecule has 2 aromatic rings. The zero-order valence-corrected chi connectivity index (χ0v) is 19.4. The van der Waals surface area contributed by atoms with Gasteiger partial charge in [-0.05, 0) is 74.0 Å². The van der Waals surface area contributed by atoms with Gasteiger partial charge < -0.3 is 10.6 Å². The lowest BCUT2D eigenvalue weighted by Crippen LogP contribution is -2.46. The third-order valence-corrected chi connectivity index (χ3v) is 8.41. The molecule has 2 fully saturated rings. The second kappa shape index (κ2) is 9.49. The molecule has 2 N–H and O–H groups in total. The van der Waals surface area contributed by atoms with Crippen molar-refractivity contribution in [3.63, 3.8) is 0 Å². The molecule has 0 aromatic heterocycles. The van der Waals surface area contributed by atoms with Crippen LogP contribution >= 0.6 is 23.2 Å². The van der Waals surface area contributed by atoms with Crippen LogP contribution in [0.15, 0.2) is 47.4 Å². The molecule has 1 unspecified atom stereocenters. The Labute approximate surface area is 193 Å². The van der Waals surface area contributed by atoms with Gasteiger partial charge in [-0.25, -0.2) is 8.42 Å². The quantitative estimate of drug-likeness (QED) is 0.597. The molecule has 4 rings (SSSR count). The first-order valence-electron chi connectivity index (χ1n) is 10.7. The number of amides is 1. The smallest absolute Gasteiger partial charge is 0.253 e. The Hall–Kier alpha value is -1.60. The minimum atomic E-state index is -3.27. The largest absolute Gasteiger partial charge is 0.344 e. The maximum absolute atomic E-state index is 13.0. The van der Waals surface area contributed by atoms with E-state index in [1.165, 1.54) is 0 Å². The first-order chi connectivity index (χ1) is 14.8. The summed E-state index contributed by atoms with van der Waals surface area (Å²) in [5.41, 5.74) is 1.22. The van der Waals surface area contributed by atoms with Crippen molar-refractivity contribution in [2.24, 2.45) is 5.92 Å². The lowest BCUT2D eigenvalue weighted by Gasteiger charge is -2.32. The number of halogens is 2. The van der Waals surface area contributed by atoms with Crippen LogP contribution in [0.3, 0.4) is 0 Å². The van der Waals surface area contributed by atoms with Crippen LogP contribution in [-0.2, 0) is 9.84 Å². The molecule has 1 aliphatic heterocycles. The number of sulfone groups is 1. The molecule has 0 bridgehead atoms. The Bertz CT molecular complexity index is 1050. The highest BCUT2D eigenvalue weighted by Crippen LogP contribution is 2.33. The average molecular weight is 481 g/mol. The van der Waals surface area contributed by atoms with Gasteiger partial charge in [0.1, 0.15) is 0 Å². The van der Waals surface area contributed by atoms with Gasteiger partial charge >= 0.3 is 0 Å². The van der Waals surface area contributed by atoms with Crippen molar-refractivity contribution in [1.82, 2.24) is 10.6 Å². The number of carbonyl (C=O) groups excluding carboxylic acids is 1. The molecule has 0 radical (unpaired) electrons. The van der Waals surface area contributed by atoms with Crippen LogP contribution in [0.5, 0.6) is 0 Å². The molecular weight excluding hydrogens is 455 g/mol. The van der Waals surface area contributed by atoms with Crippen LogP contribution in [0.2, 0.25) is 10.0 Å². The van der Waals surface area contributed by atoms with Crippen LogP contribution in [0.25, 0.3) is 0 Å². The molecule has 1 saturated carbocycles. The molecule has 2 aliphatic rings. The van der Waals surface area contributed by atoms with E-state index in [1.54, 1.807) is 30.3 Å². The monoisotopic (exact) mass is 480 g/mol. The highest BCUT2D eigenvalue weighted by molar-refractivity contribution is 7.91. The summed E-state index contributed by atoms with van der Waals surface area (Å²) in [6.45, 7) is 0.882. The number of rotatable bonds is 7. The molecule has 5 nitrogen and oxygen atoms in total. The summed E-state index contributed by atoms with van der Waals surface area (Å²) >= 11 is 12.2. The van der Waals surface area contributed by atoms with Crippen molar-refractivity contribution < 1.29 is 13.2 Å². The van der Waals surface area contributed by atoms with E-state index in [2.05, 4.69) is 10.6 Å². The fourth-order valence-electron chi connectivity index (χ4n) is 4.05. The van der Waals surface area contributed by atoms with E-state index in [4.69, 9.17) is 23.2 Å². The van der Waals surface area contributed by atoms with Crippen molar-refractivity contribution in [1.29, 1.82) is 0 Å². The van der Waals surface area contributed by atoms with E-state index >= 15 is 0 Å². The van der Waals surface area contributed by atoms with E-state index in [1.807, 2.05) is 12.1 Å². The van der Waals surface area contributed by atoms with Gasteiger partial charge in [0, 0.05) is 11.1 Å². The van der Waals surface area contributed by atoms with E-state index in [0.717, 1.165) is 44.2 Å². The van der Waals surface area contributed by atoms with Gasteiger partial charge in [0.15, 0.2) is 9.84 Å². The molecule has 166 valence electrons. The van der Waals surface area contributed by atoms with E-state index in [9.17, 15) is 13.2 Å². The molecule has 1 heterocycles. The topological polar surface area (TPSA) is 75.3 Å². The highest BCUT2D eigenvalue weighted by atomic mass is 35.5. The van der Waals surface area contributed by atoms with Crippen LogP contribution in [0, 0.1) is 5.92 Å². The fraction of sp³-hybridized carbons (Fsp3) is 0.435. The van der Waals surface area contributed by atoms with E-state index in [-0.39, 0.29) is 23.7 Å². The molecule has 0 spiro atoms. The summed E-state index contributed by atoms with van der Waals surface area (Å²) in [5, 5.41) is 7.35. The molecule has 1 saturated heterocycles. The molecule has 2 aromatic carbocycles. The van der Waals surface area contributed by atoms with Gasteiger partial charge in [0.25, 0.3) is 5.91 Å². The van der Waals surface area contributed by atoms with Gasteiger partial charge in [-0.3, -0.25) is 4.79 Å². The third kappa shape index (κ3) is 5.61. The van der Waals surface area contributed by atoms with Gasteiger partial charge in [-0.15, -0.1) is 0 Å². The van der Waals surface area contributed by atoms with Crippen LogP contribution in [0.1, 0.15) is 54.1 Å². The summed E-state index contributed by atoms with van der Waals surface area (Å²) in [6.07, 6.45) is 5.07. The zero-order chi connectivity index (χ0) is 22.0. The highest BCUT2D eigenvalue weighted by Gasteiger charge is 2.30. The maximum Gasteiger partial charge on any atom is 0.253 e. The summed E-state index contributed by atoms with van der Waals surface area (Å²) in [5.74, 6) is 0.225. The van der Waals surface area contributed by atoms with Gasteiger partial charge in [-0.1, -0.05) is 41.8 Å². The number of piperidine rings is 1. The summed E-state index contributed by atoms with van der Waals surface area (Å²) in [7, 11) is -3.27. The Morgan fingerprint density at radius 3 is 2.42 bits per heavy atom. The molecule has 1 aliphatic carbocycles. The third-order valence-electron chi connectivity index (χ3n) is 5.96. The van der Waals surface area contributed by atoms with Gasteiger partial charge in [-0.2, -0.15) is 0 Å². The summed E-state index contributed by atoms with van der Waals surface area (Å²) in [6, 6.07) is 11.5. The lowest BCUT2D eigenvalue weighted by atomic mass is 9.92. The molecule has 8 heteroatoms. The minimum absolute atomic E-state index is 0.0534. The number of hydrogen-bond donors (Lipinski definition) is 2. The standard InChI is InChI=1S/C23H26Cl2N2O3S/c24-17-8-11-19(20(25)13-17)23(28)27-22(21-3-1-2-12-26-21)16-6-9-18(10-7-16)31(29,30)14-15-4-5-15/h6-11,13,15,21-22,26H,1-5,12,14H2,(H,27,28)/t21?,22-/m0/s1. The SMILES string of the molecule is O=C(N[C@@H](c1ccc(S(=O)(=O)CC2CC2)cc1)C1CCCCN1)c1ccc(Cl)cc1Cl. The molecular formula is C23H26Cl2N2O3S. The summed E-state index contributed by atoms with van der Waals surface area (Å²) < 4.78 is 25.2. The maximum atomic E-state index is 13.0. The minimum Gasteiger partial charge on any atom is -0.344 e. The van der Waals surface area contributed by atoms with Gasteiger partial charge in [0.2, 0.25) is 0 Å². The Morgan fingerprint density at radius 1 is 1.06 bits per heavy atom. The van der Waals surface area contributed by atoms with Crippen molar-refractivity contribution in [2.45, 2.75) is 49.1 Å².